The molecule has 2 aromatic carbocycles. The first-order valence-electron chi connectivity index (χ1n) is 9.18. The molecular formula is C22H23FN2O3. The highest BCUT2D eigenvalue weighted by Crippen LogP contribution is 2.26. The van der Waals surface area contributed by atoms with Crippen LogP contribution in [0.15, 0.2) is 65.5 Å². The summed E-state index contributed by atoms with van der Waals surface area (Å²) in [6.07, 6.45) is -0.908. The van der Waals surface area contributed by atoms with Crippen LogP contribution in [0, 0.1) is 5.82 Å². The molecule has 3 aromatic rings. The molecule has 6 heteroatoms. The van der Waals surface area contributed by atoms with E-state index < -0.39 is 6.10 Å². The molecule has 0 spiro atoms. The second kappa shape index (κ2) is 8.80. The van der Waals surface area contributed by atoms with Crippen molar-refractivity contribution < 1.29 is 14.2 Å². The molecule has 0 aliphatic heterocycles. The summed E-state index contributed by atoms with van der Waals surface area (Å²) in [5, 5.41) is 14.6. The molecule has 0 amide bonds. The Morgan fingerprint density at radius 3 is 2.50 bits per heavy atom. The summed E-state index contributed by atoms with van der Waals surface area (Å²) in [6, 6.07) is 16.5. The molecule has 0 aliphatic rings. The highest BCUT2D eigenvalue weighted by atomic mass is 19.1. The lowest BCUT2D eigenvalue weighted by molar-refractivity contribution is 0.0875. The van der Waals surface area contributed by atoms with Crippen molar-refractivity contribution in [1.29, 1.82) is 0 Å². The van der Waals surface area contributed by atoms with Crippen molar-refractivity contribution in [1.82, 2.24) is 9.78 Å². The molecule has 1 N–H and O–H groups in total. The van der Waals surface area contributed by atoms with Gasteiger partial charge in [-0.3, -0.25) is 4.79 Å². The number of hydrogen-bond donors (Lipinski definition) is 1. The molecule has 1 aromatic heterocycles. The summed E-state index contributed by atoms with van der Waals surface area (Å²) in [4.78, 5) is 12.1. The number of aromatic nitrogens is 2. The number of aliphatic hydroxyl groups is 1. The summed E-state index contributed by atoms with van der Waals surface area (Å²) < 4.78 is 20.1. The van der Waals surface area contributed by atoms with E-state index in [4.69, 9.17) is 4.74 Å². The van der Waals surface area contributed by atoms with E-state index in [-0.39, 0.29) is 24.5 Å². The molecule has 146 valence electrons. The van der Waals surface area contributed by atoms with E-state index in [1.807, 2.05) is 24.3 Å². The van der Waals surface area contributed by atoms with E-state index in [9.17, 15) is 14.3 Å². The molecule has 0 saturated carbocycles. The first-order valence-corrected chi connectivity index (χ1v) is 9.18. The smallest absolute Gasteiger partial charge is 0.266 e. The Morgan fingerprint density at radius 1 is 1.07 bits per heavy atom. The van der Waals surface area contributed by atoms with Gasteiger partial charge in [0.05, 0.1) is 12.2 Å². The molecule has 0 aliphatic carbocycles. The number of ether oxygens (including phenoxy) is 1. The first-order chi connectivity index (χ1) is 13.4. The molecule has 0 radical (unpaired) electrons. The van der Waals surface area contributed by atoms with Gasteiger partial charge in [-0.2, -0.15) is 5.10 Å². The Morgan fingerprint density at radius 2 is 1.79 bits per heavy atom. The predicted octanol–water partition coefficient (Wildman–Crippen LogP) is 3.61. The van der Waals surface area contributed by atoms with Crippen molar-refractivity contribution in [3.05, 3.63) is 82.4 Å². The molecule has 0 saturated heterocycles. The van der Waals surface area contributed by atoms with Crippen LogP contribution in [0.25, 0.3) is 11.3 Å². The van der Waals surface area contributed by atoms with Gasteiger partial charge in [-0.1, -0.05) is 32.0 Å². The summed E-state index contributed by atoms with van der Waals surface area (Å²) in [7, 11) is 0. The van der Waals surface area contributed by atoms with Crippen molar-refractivity contribution in [3.8, 4) is 17.0 Å². The molecule has 1 atom stereocenters. The zero-order valence-corrected chi connectivity index (χ0v) is 15.9. The molecule has 5 nitrogen and oxygen atoms in total. The van der Waals surface area contributed by atoms with Crippen LogP contribution in [0.2, 0.25) is 0 Å². The second-order valence-electron chi connectivity index (χ2n) is 6.90. The van der Waals surface area contributed by atoms with E-state index in [0.717, 1.165) is 11.3 Å². The van der Waals surface area contributed by atoms with Crippen LogP contribution in [0.1, 0.15) is 25.3 Å². The molecule has 3 rings (SSSR count). The van der Waals surface area contributed by atoms with Gasteiger partial charge in [-0.25, -0.2) is 9.07 Å². The van der Waals surface area contributed by atoms with Crippen molar-refractivity contribution in [2.45, 2.75) is 32.4 Å². The van der Waals surface area contributed by atoms with Gasteiger partial charge in [-0.15, -0.1) is 0 Å². The fraction of sp³-hybridized carbons (Fsp3) is 0.273. The average molecular weight is 382 g/mol. The predicted molar refractivity (Wildman–Crippen MR) is 106 cm³/mol. The molecule has 0 fully saturated rings. The van der Waals surface area contributed by atoms with Gasteiger partial charge in [0.15, 0.2) is 0 Å². The second-order valence-corrected chi connectivity index (χ2v) is 6.90. The minimum absolute atomic E-state index is 0.00227. The number of nitrogens with zero attached hydrogens (tertiary/aromatic N) is 2. The van der Waals surface area contributed by atoms with Crippen LogP contribution in [0.5, 0.6) is 5.75 Å². The van der Waals surface area contributed by atoms with Crippen LogP contribution in [0.4, 0.5) is 4.39 Å². The van der Waals surface area contributed by atoms with E-state index in [1.54, 1.807) is 18.2 Å². The van der Waals surface area contributed by atoms with Gasteiger partial charge < -0.3 is 9.84 Å². The van der Waals surface area contributed by atoms with Crippen molar-refractivity contribution in [2.24, 2.45) is 0 Å². The topological polar surface area (TPSA) is 64.3 Å². The lowest BCUT2D eigenvalue weighted by atomic mass is 10.0. The Kier molecular flexibility index (Phi) is 6.21. The third kappa shape index (κ3) is 4.84. The van der Waals surface area contributed by atoms with Gasteiger partial charge >= 0.3 is 0 Å². The minimum Gasteiger partial charge on any atom is -0.491 e. The number of aliphatic hydroxyl groups excluding tert-OH is 1. The fourth-order valence-electron chi connectivity index (χ4n) is 2.88. The zero-order valence-electron chi connectivity index (χ0n) is 15.9. The Bertz CT molecular complexity index is 984. The summed E-state index contributed by atoms with van der Waals surface area (Å²) in [6.45, 7) is 4.18. The van der Waals surface area contributed by atoms with E-state index in [2.05, 4.69) is 18.9 Å². The monoisotopic (exact) mass is 382 g/mol. The van der Waals surface area contributed by atoms with E-state index in [0.29, 0.717) is 17.2 Å². The molecular weight excluding hydrogens is 359 g/mol. The lowest BCUT2D eigenvalue weighted by Gasteiger charge is -2.17. The summed E-state index contributed by atoms with van der Waals surface area (Å²) in [5.74, 6) is 0.674. The third-order valence-electron chi connectivity index (χ3n) is 4.36. The highest BCUT2D eigenvalue weighted by molar-refractivity contribution is 5.57. The molecule has 0 bridgehead atoms. The van der Waals surface area contributed by atoms with Gasteiger partial charge in [0.1, 0.15) is 24.3 Å². The van der Waals surface area contributed by atoms with Gasteiger partial charge in [0, 0.05) is 11.6 Å². The molecule has 28 heavy (non-hydrogen) atoms. The maximum absolute atomic E-state index is 13.1. The minimum atomic E-state index is -0.908. The zero-order chi connectivity index (χ0) is 20.1. The van der Waals surface area contributed by atoms with Crippen LogP contribution < -0.4 is 10.3 Å². The average Bonchev–Trinajstić information content (AvgIpc) is 2.69. The summed E-state index contributed by atoms with van der Waals surface area (Å²) in [5.41, 5.74) is 1.94. The number of para-hydroxylation sites is 1. The standard InChI is InChI=1S/C22H23FN2O3/c1-15(2)19-5-3-4-6-21(19)28-14-18(26)13-25-22(27)12-11-20(24-25)16-7-9-17(23)10-8-16/h3-12,15,18,26H,13-14H2,1-2H3. The van der Waals surface area contributed by atoms with Gasteiger partial charge in [-0.05, 0) is 47.9 Å². The van der Waals surface area contributed by atoms with Gasteiger partial charge in [0.2, 0.25) is 0 Å². The Hall–Kier alpha value is -2.99. The molecule has 1 unspecified atom stereocenters. The van der Waals surface area contributed by atoms with Crippen molar-refractivity contribution >= 4 is 0 Å². The maximum Gasteiger partial charge on any atom is 0.266 e. The summed E-state index contributed by atoms with van der Waals surface area (Å²) >= 11 is 0. The van der Waals surface area contributed by atoms with E-state index in [1.165, 1.54) is 22.9 Å². The van der Waals surface area contributed by atoms with Crippen LogP contribution in [-0.2, 0) is 6.54 Å². The third-order valence-corrected chi connectivity index (χ3v) is 4.36. The SMILES string of the molecule is CC(C)c1ccccc1OCC(O)Cn1nc(-c2ccc(F)cc2)ccc1=O. The van der Waals surface area contributed by atoms with Crippen LogP contribution >= 0.6 is 0 Å². The van der Waals surface area contributed by atoms with Crippen LogP contribution in [0.3, 0.4) is 0 Å². The highest BCUT2D eigenvalue weighted by Gasteiger charge is 2.13. The van der Waals surface area contributed by atoms with E-state index >= 15 is 0 Å². The largest absolute Gasteiger partial charge is 0.491 e. The van der Waals surface area contributed by atoms with Gasteiger partial charge in [0.25, 0.3) is 5.56 Å². The Labute approximate surface area is 163 Å². The maximum atomic E-state index is 13.1. The number of rotatable bonds is 7. The van der Waals surface area contributed by atoms with Crippen molar-refractivity contribution in [2.75, 3.05) is 6.61 Å². The number of halogens is 1. The molecule has 1 heterocycles. The number of benzene rings is 2. The quantitative estimate of drug-likeness (QED) is 0.678. The normalized spacial score (nSPS) is 12.2. The Balaban J connectivity index is 1.70. The van der Waals surface area contributed by atoms with Crippen molar-refractivity contribution in [3.63, 3.8) is 0 Å². The first kappa shape index (κ1) is 19.8. The number of hydrogen-bond acceptors (Lipinski definition) is 4. The lowest BCUT2D eigenvalue weighted by Crippen LogP contribution is -2.31. The van der Waals surface area contributed by atoms with Crippen LogP contribution in [-0.4, -0.2) is 27.6 Å². The fourth-order valence-corrected chi connectivity index (χ4v) is 2.88.